The molecular weight excluding hydrogens is 483 g/mol. The van der Waals surface area contributed by atoms with Gasteiger partial charge in [-0.2, -0.15) is 0 Å². The zero-order chi connectivity index (χ0) is 18.7. The Kier molecular flexibility index (Phi) is 6.13. The van der Waals surface area contributed by atoms with Gasteiger partial charge < -0.3 is 4.90 Å². The third-order valence-corrected chi connectivity index (χ3v) is 7.10. The highest BCUT2D eigenvalue weighted by Gasteiger charge is 2.24. The van der Waals surface area contributed by atoms with Crippen LogP contribution in [-0.2, 0) is 10.0 Å². The number of rotatable bonds is 5. The summed E-state index contributed by atoms with van der Waals surface area (Å²) in [7, 11) is -3.76. The van der Waals surface area contributed by atoms with E-state index in [0.717, 1.165) is 34.4 Å². The third-order valence-electron chi connectivity index (χ3n) is 4.20. The summed E-state index contributed by atoms with van der Waals surface area (Å²) >= 11 is 3.61. The highest BCUT2D eigenvalue weighted by Crippen LogP contribution is 2.27. The lowest BCUT2D eigenvalue weighted by Crippen LogP contribution is -2.28. The Hall–Kier alpha value is -1.26. The number of benzene rings is 2. The molecule has 1 saturated heterocycles. The molecule has 1 aliphatic rings. The average molecular weight is 502 g/mol. The first kappa shape index (κ1) is 19.5. The molecular formula is C18H19IN2O3S2. The van der Waals surface area contributed by atoms with Gasteiger partial charge in [0.1, 0.15) is 0 Å². The largest absolute Gasteiger partial charge is 0.339 e. The molecule has 1 fully saturated rings. The molecule has 5 nitrogen and oxygen atoms in total. The van der Waals surface area contributed by atoms with Crippen molar-refractivity contribution >= 4 is 56.0 Å². The van der Waals surface area contributed by atoms with Gasteiger partial charge in [0, 0.05) is 27.2 Å². The van der Waals surface area contributed by atoms with Crippen LogP contribution in [-0.4, -0.2) is 38.6 Å². The fourth-order valence-electron chi connectivity index (χ4n) is 2.84. The highest BCUT2D eigenvalue weighted by molar-refractivity contribution is 14.1. The minimum Gasteiger partial charge on any atom is -0.339 e. The second-order valence-corrected chi connectivity index (χ2v) is 9.75. The van der Waals surface area contributed by atoms with E-state index in [9.17, 15) is 13.2 Å². The summed E-state index contributed by atoms with van der Waals surface area (Å²) in [6, 6.07) is 11.8. The van der Waals surface area contributed by atoms with E-state index in [4.69, 9.17) is 0 Å². The molecule has 0 radical (unpaired) electrons. The molecule has 0 aromatic heterocycles. The van der Waals surface area contributed by atoms with Crippen LogP contribution in [0, 0.1) is 3.57 Å². The Bertz CT molecular complexity index is 909. The Labute approximate surface area is 171 Å². The maximum absolute atomic E-state index is 12.8. The van der Waals surface area contributed by atoms with Crippen LogP contribution in [0.2, 0.25) is 0 Å². The molecule has 0 bridgehead atoms. The second kappa shape index (κ2) is 8.18. The first-order valence-electron chi connectivity index (χ1n) is 8.16. The Morgan fingerprint density at radius 3 is 2.38 bits per heavy atom. The van der Waals surface area contributed by atoms with Gasteiger partial charge in [-0.3, -0.25) is 9.52 Å². The van der Waals surface area contributed by atoms with Crippen LogP contribution in [0.3, 0.4) is 0 Å². The molecule has 138 valence electrons. The average Bonchev–Trinajstić information content (AvgIpc) is 3.17. The quantitative estimate of drug-likeness (QED) is 0.495. The van der Waals surface area contributed by atoms with Crippen LogP contribution in [0.15, 0.2) is 52.3 Å². The third kappa shape index (κ3) is 4.34. The number of carbonyl (C=O) groups is 1. The molecule has 2 aromatic rings. The van der Waals surface area contributed by atoms with E-state index in [1.165, 1.54) is 17.8 Å². The first-order valence-corrected chi connectivity index (χ1v) is 11.9. The SMILES string of the molecule is CSc1ccc(S(=O)(=O)Nc2ccc(I)cc2)cc1C(=O)N1CCCC1. The van der Waals surface area contributed by atoms with E-state index in [1.54, 1.807) is 29.2 Å². The number of likely N-dealkylation sites (tertiary alicyclic amines) is 1. The number of carbonyl (C=O) groups excluding carboxylic acids is 1. The summed E-state index contributed by atoms with van der Waals surface area (Å²) in [6.45, 7) is 1.45. The number of amides is 1. The Morgan fingerprint density at radius 2 is 1.77 bits per heavy atom. The zero-order valence-electron chi connectivity index (χ0n) is 14.2. The molecule has 8 heteroatoms. The van der Waals surface area contributed by atoms with Crippen LogP contribution >= 0.6 is 34.4 Å². The van der Waals surface area contributed by atoms with Crippen molar-refractivity contribution in [2.45, 2.75) is 22.6 Å². The molecule has 2 aromatic carbocycles. The van der Waals surface area contributed by atoms with Crippen molar-refractivity contribution in [3.8, 4) is 0 Å². The molecule has 0 unspecified atom stereocenters. The van der Waals surface area contributed by atoms with Gasteiger partial charge in [-0.05, 0) is 84.2 Å². The predicted molar refractivity (Wildman–Crippen MR) is 113 cm³/mol. The van der Waals surface area contributed by atoms with E-state index < -0.39 is 10.0 Å². The van der Waals surface area contributed by atoms with Crippen molar-refractivity contribution in [3.63, 3.8) is 0 Å². The summed E-state index contributed by atoms with van der Waals surface area (Å²) in [5, 5.41) is 0. The normalized spacial score (nSPS) is 14.5. The minimum atomic E-state index is -3.76. The van der Waals surface area contributed by atoms with Crippen LogP contribution in [0.25, 0.3) is 0 Å². The highest BCUT2D eigenvalue weighted by atomic mass is 127. The van der Waals surface area contributed by atoms with Crippen LogP contribution in [0.5, 0.6) is 0 Å². The number of halogens is 1. The summed E-state index contributed by atoms with van der Waals surface area (Å²) in [5.74, 6) is -0.0989. The lowest BCUT2D eigenvalue weighted by molar-refractivity contribution is 0.0789. The van der Waals surface area contributed by atoms with Gasteiger partial charge in [0.05, 0.1) is 10.5 Å². The van der Waals surface area contributed by atoms with Crippen LogP contribution in [0.4, 0.5) is 5.69 Å². The molecule has 1 heterocycles. The smallest absolute Gasteiger partial charge is 0.261 e. The first-order chi connectivity index (χ1) is 12.4. The summed E-state index contributed by atoms with van der Waals surface area (Å²) in [6.07, 6.45) is 3.87. The number of thioether (sulfide) groups is 1. The van der Waals surface area contributed by atoms with E-state index in [0.29, 0.717) is 11.3 Å². The maximum atomic E-state index is 12.8. The molecule has 0 atom stereocenters. The summed E-state index contributed by atoms with van der Waals surface area (Å²) in [5.41, 5.74) is 0.941. The Balaban J connectivity index is 1.92. The lowest BCUT2D eigenvalue weighted by atomic mass is 10.2. The molecule has 0 saturated carbocycles. The standard InChI is InChI=1S/C18H19IN2O3S2/c1-25-17-9-8-15(12-16(17)18(22)21-10-2-3-11-21)26(23,24)20-14-6-4-13(19)5-7-14/h4-9,12,20H,2-3,10-11H2,1H3. The molecule has 1 amide bonds. The van der Waals surface area contributed by atoms with Crippen molar-refractivity contribution in [1.29, 1.82) is 0 Å². The number of anilines is 1. The molecule has 0 spiro atoms. The van der Waals surface area contributed by atoms with Gasteiger partial charge in [-0.15, -0.1) is 11.8 Å². The number of hydrogen-bond donors (Lipinski definition) is 1. The zero-order valence-corrected chi connectivity index (χ0v) is 18.0. The van der Waals surface area contributed by atoms with Gasteiger partial charge in [0.25, 0.3) is 15.9 Å². The van der Waals surface area contributed by atoms with Crippen molar-refractivity contribution in [2.75, 3.05) is 24.1 Å². The molecule has 1 aliphatic heterocycles. The fraction of sp³-hybridized carbons (Fsp3) is 0.278. The maximum Gasteiger partial charge on any atom is 0.261 e. The molecule has 0 aliphatic carbocycles. The summed E-state index contributed by atoms with van der Waals surface area (Å²) in [4.78, 5) is 15.5. The number of hydrogen-bond acceptors (Lipinski definition) is 4. The monoisotopic (exact) mass is 502 g/mol. The minimum absolute atomic E-state index is 0.0939. The van der Waals surface area contributed by atoms with Crippen molar-refractivity contribution < 1.29 is 13.2 Å². The molecule has 1 N–H and O–H groups in total. The van der Waals surface area contributed by atoms with Gasteiger partial charge in [-0.1, -0.05) is 0 Å². The second-order valence-electron chi connectivity index (χ2n) is 5.97. The molecule has 3 rings (SSSR count). The number of sulfonamides is 1. The number of nitrogens with zero attached hydrogens (tertiary/aromatic N) is 1. The van der Waals surface area contributed by atoms with Gasteiger partial charge in [0.15, 0.2) is 0 Å². The van der Waals surface area contributed by atoms with E-state index >= 15 is 0 Å². The van der Waals surface area contributed by atoms with Crippen molar-refractivity contribution in [1.82, 2.24) is 4.90 Å². The fourth-order valence-corrected chi connectivity index (χ4v) is 4.86. The van der Waals surface area contributed by atoms with Gasteiger partial charge in [0.2, 0.25) is 0 Å². The van der Waals surface area contributed by atoms with Crippen LogP contribution in [0.1, 0.15) is 23.2 Å². The van der Waals surface area contributed by atoms with Gasteiger partial charge >= 0.3 is 0 Å². The molecule has 26 heavy (non-hydrogen) atoms. The Morgan fingerprint density at radius 1 is 1.12 bits per heavy atom. The van der Waals surface area contributed by atoms with Gasteiger partial charge in [-0.25, -0.2) is 8.42 Å². The van der Waals surface area contributed by atoms with Crippen LogP contribution < -0.4 is 4.72 Å². The van der Waals surface area contributed by atoms with E-state index in [1.807, 2.05) is 18.4 Å². The topological polar surface area (TPSA) is 66.5 Å². The lowest BCUT2D eigenvalue weighted by Gasteiger charge is -2.18. The summed E-state index contributed by atoms with van der Waals surface area (Å²) < 4.78 is 29.1. The van der Waals surface area contributed by atoms with Crippen molar-refractivity contribution in [3.05, 3.63) is 51.6 Å². The predicted octanol–water partition coefficient (Wildman–Crippen LogP) is 4.05. The van der Waals surface area contributed by atoms with E-state index in [2.05, 4.69) is 27.3 Å². The van der Waals surface area contributed by atoms with Crippen molar-refractivity contribution in [2.24, 2.45) is 0 Å². The number of nitrogens with one attached hydrogen (secondary N) is 1. The van der Waals surface area contributed by atoms with E-state index in [-0.39, 0.29) is 10.8 Å².